The van der Waals surface area contributed by atoms with Crippen LogP contribution in [0.25, 0.3) is 0 Å². The number of carbonyl (C=O) groups is 2. The van der Waals surface area contributed by atoms with Crippen LogP contribution in [-0.4, -0.2) is 22.1 Å². The van der Waals surface area contributed by atoms with Crippen LogP contribution in [-0.2, 0) is 0 Å². The second kappa shape index (κ2) is 5.85. The van der Waals surface area contributed by atoms with Crippen LogP contribution in [0.2, 0.25) is 5.02 Å². The molecule has 0 aliphatic carbocycles. The maximum Gasteiger partial charge on any atom is 0.336 e. The molecule has 0 unspecified atom stereocenters. The van der Waals surface area contributed by atoms with Crippen molar-refractivity contribution in [1.29, 1.82) is 0 Å². The number of aryl methyl sites for hydroxylation is 1. The highest BCUT2D eigenvalue weighted by atomic mass is 35.5. The second-order valence-electron chi connectivity index (χ2n) is 4.45. The summed E-state index contributed by atoms with van der Waals surface area (Å²) in [6, 6.07) is 8.58. The van der Waals surface area contributed by atoms with Gasteiger partial charge in [-0.3, -0.25) is 4.79 Å². The molecule has 0 aliphatic rings. The first-order chi connectivity index (χ1) is 9.88. The first kappa shape index (κ1) is 14.9. The van der Waals surface area contributed by atoms with Gasteiger partial charge in [-0.25, -0.2) is 4.79 Å². The van der Waals surface area contributed by atoms with Crippen molar-refractivity contribution in [3.8, 4) is 5.75 Å². The number of benzene rings is 2. The smallest absolute Gasteiger partial charge is 0.336 e. The number of hydrogen-bond donors (Lipinski definition) is 3. The molecule has 2 rings (SSSR count). The van der Waals surface area contributed by atoms with Crippen molar-refractivity contribution >= 4 is 29.2 Å². The van der Waals surface area contributed by atoms with E-state index in [1.54, 1.807) is 19.1 Å². The van der Waals surface area contributed by atoms with Gasteiger partial charge in [0, 0.05) is 5.69 Å². The first-order valence-corrected chi connectivity index (χ1v) is 6.40. The van der Waals surface area contributed by atoms with Crippen molar-refractivity contribution in [2.45, 2.75) is 6.92 Å². The van der Waals surface area contributed by atoms with Crippen molar-refractivity contribution in [1.82, 2.24) is 0 Å². The van der Waals surface area contributed by atoms with Crippen LogP contribution in [0, 0.1) is 6.92 Å². The summed E-state index contributed by atoms with van der Waals surface area (Å²) in [4.78, 5) is 23.2. The third-order valence-corrected chi connectivity index (χ3v) is 3.25. The minimum absolute atomic E-state index is 0.0836. The molecule has 0 saturated heterocycles. The summed E-state index contributed by atoms with van der Waals surface area (Å²) in [5.41, 5.74) is 1.14. The fourth-order valence-electron chi connectivity index (χ4n) is 1.82. The molecule has 2 aromatic rings. The molecule has 0 spiro atoms. The molecule has 0 bridgehead atoms. The van der Waals surface area contributed by atoms with Crippen LogP contribution in [0.4, 0.5) is 5.69 Å². The van der Waals surface area contributed by atoms with Crippen LogP contribution in [0.15, 0.2) is 36.4 Å². The number of amides is 1. The fourth-order valence-corrected chi connectivity index (χ4v) is 2.02. The van der Waals surface area contributed by atoms with Gasteiger partial charge in [0.25, 0.3) is 5.91 Å². The number of nitrogens with one attached hydrogen (secondary N) is 1. The highest BCUT2D eigenvalue weighted by molar-refractivity contribution is 6.34. The van der Waals surface area contributed by atoms with Gasteiger partial charge in [0.05, 0.1) is 16.1 Å². The lowest BCUT2D eigenvalue weighted by Gasteiger charge is -2.09. The molecule has 21 heavy (non-hydrogen) atoms. The predicted octanol–water partition coefficient (Wildman–Crippen LogP) is 3.30. The van der Waals surface area contributed by atoms with Crippen LogP contribution in [0.3, 0.4) is 0 Å². The Labute approximate surface area is 125 Å². The number of hydrogen-bond acceptors (Lipinski definition) is 3. The van der Waals surface area contributed by atoms with E-state index in [0.29, 0.717) is 11.3 Å². The van der Waals surface area contributed by atoms with E-state index in [1.807, 2.05) is 0 Å². The lowest BCUT2D eigenvalue weighted by molar-refractivity contribution is 0.0695. The lowest BCUT2D eigenvalue weighted by Crippen LogP contribution is -2.13. The summed E-state index contributed by atoms with van der Waals surface area (Å²) in [5.74, 6) is -1.69. The largest absolute Gasteiger partial charge is 0.508 e. The summed E-state index contributed by atoms with van der Waals surface area (Å²) in [5, 5.41) is 21.2. The molecule has 1 amide bonds. The van der Waals surface area contributed by atoms with Gasteiger partial charge in [0.15, 0.2) is 0 Å². The molecule has 6 heteroatoms. The lowest BCUT2D eigenvalue weighted by atomic mass is 10.1. The predicted molar refractivity (Wildman–Crippen MR) is 79.2 cm³/mol. The van der Waals surface area contributed by atoms with Crippen LogP contribution in [0.5, 0.6) is 5.75 Å². The van der Waals surface area contributed by atoms with Gasteiger partial charge in [0.1, 0.15) is 5.75 Å². The number of carboxylic acid groups (broad SMARTS) is 1. The van der Waals surface area contributed by atoms with Gasteiger partial charge in [-0.1, -0.05) is 17.7 Å². The summed E-state index contributed by atoms with van der Waals surface area (Å²) >= 11 is 5.90. The monoisotopic (exact) mass is 305 g/mol. The summed E-state index contributed by atoms with van der Waals surface area (Å²) in [7, 11) is 0. The molecule has 0 atom stereocenters. The Morgan fingerprint density at radius 2 is 1.81 bits per heavy atom. The Morgan fingerprint density at radius 1 is 1.10 bits per heavy atom. The van der Waals surface area contributed by atoms with Gasteiger partial charge >= 0.3 is 5.97 Å². The molecular formula is C15H12ClNO4. The first-order valence-electron chi connectivity index (χ1n) is 6.02. The zero-order chi connectivity index (χ0) is 15.6. The van der Waals surface area contributed by atoms with Gasteiger partial charge in [-0.15, -0.1) is 0 Å². The van der Waals surface area contributed by atoms with Crippen LogP contribution in [0.1, 0.15) is 26.3 Å². The van der Waals surface area contributed by atoms with Crippen molar-refractivity contribution in [3.05, 3.63) is 58.1 Å². The van der Waals surface area contributed by atoms with Crippen LogP contribution < -0.4 is 5.32 Å². The van der Waals surface area contributed by atoms with Gasteiger partial charge in [-0.05, 0) is 42.8 Å². The molecule has 0 fully saturated rings. The second-order valence-corrected chi connectivity index (χ2v) is 4.86. The quantitative estimate of drug-likeness (QED) is 0.812. The molecular weight excluding hydrogens is 294 g/mol. The van der Waals surface area contributed by atoms with Gasteiger partial charge in [-0.2, -0.15) is 0 Å². The average Bonchev–Trinajstić information content (AvgIpc) is 2.43. The summed E-state index contributed by atoms with van der Waals surface area (Å²) in [6.45, 7) is 1.67. The Morgan fingerprint density at radius 3 is 2.48 bits per heavy atom. The zero-order valence-corrected chi connectivity index (χ0v) is 11.8. The molecule has 108 valence electrons. The van der Waals surface area contributed by atoms with E-state index in [9.17, 15) is 14.7 Å². The minimum atomic E-state index is -1.07. The van der Waals surface area contributed by atoms with Crippen molar-refractivity contribution in [3.63, 3.8) is 0 Å². The Balaban J connectivity index is 2.29. The van der Waals surface area contributed by atoms with E-state index in [2.05, 4.69) is 5.32 Å². The summed E-state index contributed by atoms with van der Waals surface area (Å²) in [6.07, 6.45) is 0. The molecule has 3 N–H and O–H groups in total. The number of anilines is 1. The van der Waals surface area contributed by atoms with Gasteiger partial charge < -0.3 is 15.5 Å². The highest BCUT2D eigenvalue weighted by Gasteiger charge is 2.13. The molecule has 0 aliphatic heterocycles. The number of halogens is 1. The fraction of sp³-hybridized carbons (Fsp3) is 0.0667. The van der Waals surface area contributed by atoms with Crippen LogP contribution >= 0.6 is 11.6 Å². The third-order valence-electron chi connectivity index (χ3n) is 2.92. The third kappa shape index (κ3) is 3.32. The molecule has 0 heterocycles. The number of carbonyl (C=O) groups excluding carboxylic acids is 1. The molecule has 2 aromatic carbocycles. The minimum Gasteiger partial charge on any atom is -0.508 e. The molecule has 0 saturated carbocycles. The van der Waals surface area contributed by atoms with E-state index in [1.165, 1.54) is 24.3 Å². The number of rotatable bonds is 3. The van der Waals surface area contributed by atoms with Crippen molar-refractivity contribution in [2.75, 3.05) is 5.32 Å². The number of carboxylic acids is 1. The highest BCUT2D eigenvalue weighted by Crippen LogP contribution is 2.23. The van der Waals surface area contributed by atoms with E-state index in [-0.39, 0.29) is 21.9 Å². The number of phenolic OH excluding ortho intramolecular Hbond substituents is 1. The van der Waals surface area contributed by atoms with E-state index >= 15 is 0 Å². The van der Waals surface area contributed by atoms with Crippen molar-refractivity contribution in [2.24, 2.45) is 0 Å². The number of aromatic hydroxyl groups is 1. The van der Waals surface area contributed by atoms with E-state index in [4.69, 9.17) is 16.7 Å². The SMILES string of the molecule is Cc1ccc(NC(=O)c2cc(O)ccc2Cl)cc1C(=O)O. The van der Waals surface area contributed by atoms with E-state index < -0.39 is 11.9 Å². The Kier molecular flexibility index (Phi) is 4.14. The molecule has 5 nitrogen and oxygen atoms in total. The Hall–Kier alpha value is -2.53. The number of aromatic carboxylic acids is 1. The standard InChI is InChI=1S/C15H12ClNO4/c1-8-2-3-9(6-11(8)15(20)21)17-14(19)12-7-10(18)4-5-13(12)16/h2-7,18H,1H3,(H,17,19)(H,20,21). The van der Waals surface area contributed by atoms with Crippen molar-refractivity contribution < 1.29 is 19.8 Å². The van der Waals surface area contributed by atoms with E-state index in [0.717, 1.165) is 0 Å². The molecule has 0 aromatic heterocycles. The maximum atomic E-state index is 12.1. The topological polar surface area (TPSA) is 86.6 Å². The number of phenols is 1. The normalized spacial score (nSPS) is 10.2. The van der Waals surface area contributed by atoms with Gasteiger partial charge in [0.2, 0.25) is 0 Å². The molecule has 0 radical (unpaired) electrons. The summed E-state index contributed by atoms with van der Waals surface area (Å²) < 4.78 is 0. The average molecular weight is 306 g/mol. The Bertz CT molecular complexity index is 728. The zero-order valence-electron chi connectivity index (χ0n) is 11.1. The maximum absolute atomic E-state index is 12.1.